The Labute approximate surface area is 167 Å². The zero-order chi connectivity index (χ0) is 20.4. The van der Waals surface area contributed by atoms with Gasteiger partial charge in [-0.25, -0.2) is 9.78 Å². The molecular formula is C21H22N4O4. The van der Waals surface area contributed by atoms with Gasteiger partial charge in [0, 0.05) is 24.8 Å². The van der Waals surface area contributed by atoms with Crippen LogP contribution < -0.4 is 0 Å². The molecule has 8 heteroatoms. The third-order valence-electron chi connectivity index (χ3n) is 5.27. The van der Waals surface area contributed by atoms with Gasteiger partial charge in [0.25, 0.3) is 0 Å². The van der Waals surface area contributed by atoms with E-state index in [-0.39, 0.29) is 23.9 Å². The van der Waals surface area contributed by atoms with Crippen molar-refractivity contribution in [2.24, 2.45) is 0 Å². The summed E-state index contributed by atoms with van der Waals surface area (Å²) in [6.07, 6.45) is 4.59. The van der Waals surface area contributed by atoms with E-state index >= 15 is 0 Å². The SMILES string of the molecule is Cc1oc(-c2ccccc2)nc1CC(=O)N1CCC(n2cc(C(=O)O)cn2)CC1. The van der Waals surface area contributed by atoms with Crippen molar-refractivity contribution in [2.45, 2.75) is 32.2 Å². The van der Waals surface area contributed by atoms with Crippen molar-refractivity contribution >= 4 is 11.9 Å². The zero-order valence-electron chi connectivity index (χ0n) is 16.1. The number of likely N-dealkylation sites (tertiary alicyclic amines) is 1. The first-order valence-corrected chi connectivity index (χ1v) is 9.58. The number of oxazole rings is 1. The number of rotatable bonds is 5. The Morgan fingerprint density at radius 3 is 2.59 bits per heavy atom. The van der Waals surface area contributed by atoms with Gasteiger partial charge in [0.1, 0.15) is 5.76 Å². The molecule has 1 aliphatic rings. The minimum atomic E-state index is -0.985. The second-order valence-corrected chi connectivity index (χ2v) is 7.19. The summed E-state index contributed by atoms with van der Waals surface area (Å²) in [4.78, 5) is 30.1. The molecule has 0 aliphatic carbocycles. The third-order valence-corrected chi connectivity index (χ3v) is 5.27. The first-order chi connectivity index (χ1) is 14.0. The molecule has 1 fully saturated rings. The van der Waals surface area contributed by atoms with Crippen molar-refractivity contribution in [1.82, 2.24) is 19.7 Å². The third kappa shape index (κ3) is 4.06. The highest BCUT2D eigenvalue weighted by molar-refractivity contribution is 5.86. The summed E-state index contributed by atoms with van der Waals surface area (Å²) < 4.78 is 7.44. The molecule has 0 radical (unpaired) electrons. The van der Waals surface area contributed by atoms with E-state index in [2.05, 4.69) is 10.1 Å². The van der Waals surface area contributed by atoms with Gasteiger partial charge < -0.3 is 14.4 Å². The van der Waals surface area contributed by atoms with Gasteiger partial charge in [-0.1, -0.05) is 18.2 Å². The summed E-state index contributed by atoms with van der Waals surface area (Å²) >= 11 is 0. The highest BCUT2D eigenvalue weighted by Crippen LogP contribution is 2.25. The van der Waals surface area contributed by atoms with Crippen LogP contribution in [0.4, 0.5) is 0 Å². The fourth-order valence-corrected chi connectivity index (χ4v) is 3.58. The maximum absolute atomic E-state index is 12.7. The first-order valence-electron chi connectivity index (χ1n) is 9.58. The van der Waals surface area contributed by atoms with Gasteiger partial charge in [0.15, 0.2) is 0 Å². The van der Waals surface area contributed by atoms with Crippen LogP contribution in [0.1, 0.15) is 40.7 Å². The lowest BCUT2D eigenvalue weighted by Crippen LogP contribution is -2.40. The molecule has 0 saturated carbocycles. The monoisotopic (exact) mass is 394 g/mol. The van der Waals surface area contributed by atoms with E-state index in [1.165, 1.54) is 6.20 Å². The Balaban J connectivity index is 1.36. The Kier molecular flexibility index (Phi) is 5.16. The predicted octanol–water partition coefficient (Wildman–Crippen LogP) is 2.95. The van der Waals surface area contributed by atoms with Crippen LogP contribution in [0, 0.1) is 6.92 Å². The molecule has 0 bridgehead atoms. The van der Waals surface area contributed by atoms with E-state index in [0.717, 1.165) is 18.4 Å². The molecule has 0 spiro atoms. The second kappa shape index (κ2) is 7.90. The maximum atomic E-state index is 12.7. The van der Waals surface area contributed by atoms with Crippen LogP contribution in [-0.2, 0) is 11.2 Å². The van der Waals surface area contributed by atoms with Crippen molar-refractivity contribution in [2.75, 3.05) is 13.1 Å². The molecular weight excluding hydrogens is 372 g/mol. The number of hydrogen-bond acceptors (Lipinski definition) is 5. The summed E-state index contributed by atoms with van der Waals surface area (Å²) in [6, 6.07) is 9.72. The van der Waals surface area contributed by atoms with Gasteiger partial charge in [0.05, 0.1) is 29.9 Å². The Morgan fingerprint density at radius 1 is 1.21 bits per heavy atom. The van der Waals surface area contributed by atoms with E-state index in [4.69, 9.17) is 9.52 Å². The summed E-state index contributed by atoms with van der Waals surface area (Å²) in [5.74, 6) is 0.218. The molecule has 1 aliphatic heterocycles. The quantitative estimate of drug-likeness (QED) is 0.714. The minimum Gasteiger partial charge on any atom is -0.478 e. The molecule has 29 heavy (non-hydrogen) atoms. The van der Waals surface area contributed by atoms with Crippen LogP contribution in [-0.4, -0.2) is 49.7 Å². The number of benzene rings is 1. The van der Waals surface area contributed by atoms with E-state index in [0.29, 0.717) is 30.4 Å². The van der Waals surface area contributed by atoms with Gasteiger partial charge in [-0.3, -0.25) is 9.48 Å². The number of aryl methyl sites for hydroxylation is 1. The number of carbonyl (C=O) groups is 2. The lowest BCUT2D eigenvalue weighted by atomic mass is 10.0. The van der Waals surface area contributed by atoms with Crippen LogP contribution in [0.2, 0.25) is 0 Å². The number of piperidine rings is 1. The van der Waals surface area contributed by atoms with Crippen LogP contribution in [0.25, 0.3) is 11.5 Å². The summed E-state index contributed by atoms with van der Waals surface area (Å²) in [6.45, 7) is 3.04. The Hall–Kier alpha value is -3.42. The number of hydrogen-bond donors (Lipinski definition) is 1. The first kappa shape index (κ1) is 18.9. The molecule has 1 amide bonds. The van der Waals surface area contributed by atoms with Crippen LogP contribution >= 0.6 is 0 Å². The topological polar surface area (TPSA) is 101 Å². The number of carboxylic acid groups (broad SMARTS) is 1. The minimum absolute atomic E-state index is 0.0196. The smallest absolute Gasteiger partial charge is 0.338 e. The van der Waals surface area contributed by atoms with Crippen molar-refractivity contribution in [3.63, 3.8) is 0 Å². The zero-order valence-corrected chi connectivity index (χ0v) is 16.1. The Bertz CT molecular complexity index is 1020. The molecule has 150 valence electrons. The summed E-state index contributed by atoms with van der Waals surface area (Å²) in [5.41, 5.74) is 1.73. The molecule has 8 nitrogen and oxygen atoms in total. The second-order valence-electron chi connectivity index (χ2n) is 7.19. The molecule has 0 unspecified atom stereocenters. The Morgan fingerprint density at radius 2 is 1.93 bits per heavy atom. The molecule has 3 aromatic rings. The van der Waals surface area contributed by atoms with Gasteiger partial charge >= 0.3 is 5.97 Å². The van der Waals surface area contributed by atoms with Crippen molar-refractivity contribution in [1.29, 1.82) is 0 Å². The van der Waals surface area contributed by atoms with Gasteiger partial charge in [-0.2, -0.15) is 5.10 Å². The van der Waals surface area contributed by atoms with E-state index < -0.39 is 5.97 Å². The number of aromatic carboxylic acids is 1. The maximum Gasteiger partial charge on any atom is 0.338 e. The summed E-state index contributed by atoms with van der Waals surface area (Å²) in [7, 11) is 0. The summed E-state index contributed by atoms with van der Waals surface area (Å²) in [5, 5.41) is 13.2. The largest absolute Gasteiger partial charge is 0.478 e. The standard InChI is InChI=1S/C21H22N4O4/c1-14-18(23-20(29-14)15-5-3-2-4-6-15)11-19(26)24-9-7-17(8-10-24)25-13-16(12-22-25)21(27)28/h2-6,12-13,17H,7-11H2,1H3,(H,27,28). The normalized spacial score (nSPS) is 14.9. The van der Waals surface area contributed by atoms with Gasteiger partial charge in [-0.15, -0.1) is 0 Å². The van der Waals surface area contributed by atoms with Crippen LogP contribution in [0.15, 0.2) is 47.1 Å². The van der Waals surface area contributed by atoms with Gasteiger partial charge in [-0.05, 0) is 31.9 Å². The van der Waals surface area contributed by atoms with Crippen molar-refractivity contribution < 1.29 is 19.1 Å². The number of carbonyl (C=O) groups excluding carboxylic acids is 1. The molecule has 2 aromatic heterocycles. The van der Waals surface area contributed by atoms with Crippen LogP contribution in [0.5, 0.6) is 0 Å². The molecule has 3 heterocycles. The van der Waals surface area contributed by atoms with E-state index in [1.54, 1.807) is 10.9 Å². The highest BCUT2D eigenvalue weighted by Gasteiger charge is 2.26. The molecule has 0 atom stereocenters. The van der Waals surface area contributed by atoms with Crippen molar-refractivity contribution in [3.8, 4) is 11.5 Å². The molecule has 1 saturated heterocycles. The van der Waals surface area contributed by atoms with Crippen LogP contribution in [0.3, 0.4) is 0 Å². The van der Waals surface area contributed by atoms with E-state index in [9.17, 15) is 9.59 Å². The average Bonchev–Trinajstić information content (AvgIpc) is 3.37. The number of carboxylic acids is 1. The lowest BCUT2D eigenvalue weighted by Gasteiger charge is -2.32. The number of nitrogens with zero attached hydrogens (tertiary/aromatic N) is 4. The van der Waals surface area contributed by atoms with E-state index in [1.807, 2.05) is 42.2 Å². The van der Waals surface area contributed by atoms with Gasteiger partial charge in [0.2, 0.25) is 11.8 Å². The molecule has 4 rings (SSSR count). The average molecular weight is 394 g/mol. The fraction of sp³-hybridized carbons (Fsp3) is 0.333. The number of aromatic nitrogens is 3. The molecule has 1 aromatic carbocycles. The number of amides is 1. The fourth-order valence-electron chi connectivity index (χ4n) is 3.58. The molecule has 1 N–H and O–H groups in total. The lowest BCUT2D eigenvalue weighted by molar-refractivity contribution is -0.131. The highest BCUT2D eigenvalue weighted by atomic mass is 16.4. The van der Waals surface area contributed by atoms with Crippen molar-refractivity contribution in [3.05, 3.63) is 59.7 Å². The predicted molar refractivity (Wildman–Crippen MR) is 104 cm³/mol.